The largest absolute Gasteiger partial charge is 0.295 e. The lowest BCUT2D eigenvalue weighted by Gasteiger charge is -2.04. The number of imidazole rings is 1. The fourth-order valence-corrected chi connectivity index (χ4v) is 1.31. The summed E-state index contributed by atoms with van der Waals surface area (Å²) in [6, 6.07) is 0. The van der Waals surface area contributed by atoms with Crippen LogP contribution in [-0.2, 0) is 7.05 Å². The van der Waals surface area contributed by atoms with Crippen molar-refractivity contribution in [1.29, 1.82) is 0 Å². The van der Waals surface area contributed by atoms with Gasteiger partial charge in [0.2, 0.25) is 5.52 Å². The molecular weight excluding hydrogens is 166 g/mol. The molecule has 5 nitrogen and oxygen atoms in total. The average molecular weight is 178 g/mol. The summed E-state index contributed by atoms with van der Waals surface area (Å²) in [7, 11) is 5.93. The number of nitrogens with zero attached hydrogens (tertiary/aromatic N) is 5. The second kappa shape index (κ2) is 2.69. The number of hydrogen-bond donors (Lipinski definition) is 0. The monoisotopic (exact) mass is 178 g/mol. The summed E-state index contributed by atoms with van der Waals surface area (Å²) in [6.45, 7) is 0. The lowest BCUT2D eigenvalue weighted by Crippen LogP contribution is -2.29. The minimum Gasteiger partial charge on any atom is -0.248 e. The van der Waals surface area contributed by atoms with Crippen molar-refractivity contribution in [2.24, 2.45) is 7.05 Å². The quantitative estimate of drug-likeness (QED) is 0.550. The standard InChI is InChI=1S/C8H12N5/c1-11(2)13-6-12(3)7-4-9-5-10-8(7)13/h4-6H,1-3H3/q+1. The van der Waals surface area contributed by atoms with E-state index in [2.05, 4.69) is 9.97 Å². The fraction of sp³-hybridized carbons (Fsp3) is 0.375. The number of aryl methyl sites for hydroxylation is 1. The third-order valence-corrected chi connectivity index (χ3v) is 1.98. The highest BCUT2D eigenvalue weighted by Gasteiger charge is 2.15. The number of hydrogen-bond acceptors (Lipinski definition) is 3. The zero-order chi connectivity index (χ0) is 9.42. The lowest BCUT2D eigenvalue weighted by atomic mass is 10.5. The van der Waals surface area contributed by atoms with E-state index < -0.39 is 0 Å². The smallest absolute Gasteiger partial charge is 0.248 e. The summed E-state index contributed by atoms with van der Waals surface area (Å²) < 4.78 is 3.96. The molecule has 0 amide bonds. The van der Waals surface area contributed by atoms with E-state index >= 15 is 0 Å². The van der Waals surface area contributed by atoms with E-state index in [-0.39, 0.29) is 0 Å². The Kier molecular flexibility index (Phi) is 1.65. The zero-order valence-corrected chi connectivity index (χ0v) is 7.97. The van der Waals surface area contributed by atoms with Gasteiger partial charge in [0.25, 0.3) is 12.0 Å². The maximum atomic E-state index is 4.21. The molecule has 68 valence electrons. The van der Waals surface area contributed by atoms with E-state index in [0.29, 0.717) is 0 Å². The second-order valence-electron chi connectivity index (χ2n) is 3.15. The third-order valence-electron chi connectivity index (χ3n) is 1.98. The van der Waals surface area contributed by atoms with Gasteiger partial charge in [-0.1, -0.05) is 0 Å². The van der Waals surface area contributed by atoms with Crippen LogP contribution in [0.1, 0.15) is 0 Å². The van der Waals surface area contributed by atoms with Crippen LogP contribution < -0.4 is 9.58 Å². The Hall–Kier alpha value is -1.65. The van der Waals surface area contributed by atoms with Crippen molar-refractivity contribution in [3.8, 4) is 0 Å². The Morgan fingerprint density at radius 2 is 2.23 bits per heavy atom. The first kappa shape index (κ1) is 7.97. The summed E-state index contributed by atoms with van der Waals surface area (Å²) in [5.41, 5.74) is 1.94. The van der Waals surface area contributed by atoms with E-state index in [1.54, 1.807) is 6.33 Å². The molecule has 0 spiro atoms. The van der Waals surface area contributed by atoms with E-state index in [1.807, 2.05) is 47.9 Å². The van der Waals surface area contributed by atoms with Crippen molar-refractivity contribution < 1.29 is 4.57 Å². The van der Waals surface area contributed by atoms with Gasteiger partial charge in [-0.05, 0) is 0 Å². The first-order valence-electron chi connectivity index (χ1n) is 4.04. The molecule has 0 saturated carbocycles. The van der Waals surface area contributed by atoms with E-state index in [0.717, 1.165) is 11.2 Å². The van der Waals surface area contributed by atoms with Crippen molar-refractivity contribution in [3.63, 3.8) is 0 Å². The second-order valence-corrected chi connectivity index (χ2v) is 3.15. The molecule has 0 saturated heterocycles. The molecule has 0 fully saturated rings. The molecule has 2 aromatic heterocycles. The van der Waals surface area contributed by atoms with Crippen LogP contribution in [0, 0.1) is 0 Å². The average Bonchev–Trinajstić information content (AvgIpc) is 2.45. The Bertz CT molecular complexity index is 431. The molecule has 0 radical (unpaired) electrons. The Labute approximate surface area is 76.2 Å². The Balaban J connectivity index is 2.78. The predicted molar refractivity (Wildman–Crippen MR) is 48.8 cm³/mol. The van der Waals surface area contributed by atoms with Gasteiger partial charge in [-0.3, -0.25) is 0 Å². The van der Waals surface area contributed by atoms with Gasteiger partial charge in [0.15, 0.2) is 0 Å². The van der Waals surface area contributed by atoms with Crippen LogP contribution in [0.15, 0.2) is 18.9 Å². The molecule has 0 N–H and O–H groups in total. The summed E-state index contributed by atoms with van der Waals surface area (Å²) in [5, 5.41) is 1.97. The summed E-state index contributed by atoms with van der Waals surface area (Å²) in [5.74, 6) is 0. The highest BCUT2D eigenvalue weighted by molar-refractivity contribution is 5.65. The molecule has 0 aliphatic rings. The first-order chi connectivity index (χ1) is 6.20. The molecule has 13 heavy (non-hydrogen) atoms. The van der Waals surface area contributed by atoms with Gasteiger partial charge in [-0.25, -0.2) is 14.6 Å². The number of aromatic nitrogens is 4. The normalized spacial score (nSPS) is 10.7. The van der Waals surface area contributed by atoms with Crippen molar-refractivity contribution >= 4 is 11.2 Å². The molecule has 0 atom stereocenters. The molecule has 0 bridgehead atoms. The summed E-state index contributed by atoms with van der Waals surface area (Å²) in [4.78, 5) is 8.20. The van der Waals surface area contributed by atoms with Crippen LogP contribution in [0.25, 0.3) is 11.2 Å². The van der Waals surface area contributed by atoms with E-state index in [1.165, 1.54) is 0 Å². The van der Waals surface area contributed by atoms with Gasteiger partial charge in [0, 0.05) is 14.1 Å². The molecule has 0 aliphatic heterocycles. The van der Waals surface area contributed by atoms with Crippen LogP contribution in [-0.4, -0.2) is 28.7 Å². The van der Waals surface area contributed by atoms with Crippen LogP contribution in [0.5, 0.6) is 0 Å². The van der Waals surface area contributed by atoms with Gasteiger partial charge in [0.05, 0.1) is 13.2 Å². The topological polar surface area (TPSA) is 37.8 Å². The Morgan fingerprint density at radius 3 is 2.92 bits per heavy atom. The highest BCUT2D eigenvalue weighted by Crippen LogP contribution is 2.03. The van der Waals surface area contributed by atoms with Gasteiger partial charge in [0.1, 0.15) is 6.33 Å². The molecule has 0 aromatic carbocycles. The maximum Gasteiger partial charge on any atom is 0.295 e. The zero-order valence-electron chi connectivity index (χ0n) is 7.97. The minimum absolute atomic E-state index is 0.919. The molecule has 2 rings (SSSR count). The minimum atomic E-state index is 0.919. The molecule has 2 heterocycles. The SMILES string of the molecule is CN(C)n1c[n+](C)c2cncnc21. The Morgan fingerprint density at radius 1 is 1.46 bits per heavy atom. The third kappa shape index (κ3) is 1.12. The van der Waals surface area contributed by atoms with Crippen molar-refractivity contribution in [2.45, 2.75) is 0 Å². The van der Waals surface area contributed by atoms with Gasteiger partial charge in [-0.2, -0.15) is 4.98 Å². The van der Waals surface area contributed by atoms with Crippen LogP contribution in [0.2, 0.25) is 0 Å². The van der Waals surface area contributed by atoms with E-state index in [9.17, 15) is 0 Å². The van der Waals surface area contributed by atoms with Crippen molar-refractivity contribution in [3.05, 3.63) is 18.9 Å². The van der Waals surface area contributed by atoms with Gasteiger partial charge >= 0.3 is 0 Å². The van der Waals surface area contributed by atoms with Crippen molar-refractivity contribution in [2.75, 3.05) is 19.1 Å². The van der Waals surface area contributed by atoms with E-state index in [4.69, 9.17) is 0 Å². The summed E-state index contributed by atoms with van der Waals surface area (Å²) >= 11 is 0. The van der Waals surface area contributed by atoms with Crippen LogP contribution in [0.4, 0.5) is 0 Å². The molecule has 0 unspecified atom stereocenters. The fourth-order valence-electron chi connectivity index (χ4n) is 1.31. The lowest BCUT2D eigenvalue weighted by molar-refractivity contribution is -0.645. The molecule has 0 aliphatic carbocycles. The number of fused-ring (bicyclic) bond motifs is 1. The van der Waals surface area contributed by atoms with Crippen LogP contribution >= 0.6 is 0 Å². The molecule has 2 aromatic rings. The van der Waals surface area contributed by atoms with Gasteiger partial charge < -0.3 is 0 Å². The molecular formula is C8H12N5+. The summed E-state index contributed by atoms with van der Waals surface area (Å²) in [6.07, 6.45) is 5.34. The highest BCUT2D eigenvalue weighted by atomic mass is 15.5. The van der Waals surface area contributed by atoms with Gasteiger partial charge in [-0.15, -0.1) is 4.68 Å². The van der Waals surface area contributed by atoms with Crippen molar-refractivity contribution in [1.82, 2.24) is 14.6 Å². The molecule has 5 heteroatoms. The first-order valence-corrected chi connectivity index (χ1v) is 4.04. The number of rotatable bonds is 1. The predicted octanol–water partition coefficient (Wildman–Crippen LogP) is -0.547. The van der Waals surface area contributed by atoms with Crippen LogP contribution in [0.3, 0.4) is 0 Å². The maximum absolute atomic E-state index is 4.21.